The van der Waals surface area contributed by atoms with E-state index in [4.69, 9.17) is 9.47 Å². The Morgan fingerprint density at radius 3 is 2.52 bits per heavy atom. The first-order valence-corrected chi connectivity index (χ1v) is 9.02. The fourth-order valence-electron chi connectivity index (χ4n) is 3.09. The van der Waals surface area contributed by atoms with Crippen LogP contribution in [0.15, 0.2) is 18.2 Å². The van der Waals surface area contributed by atoms with Crippen molar-refractivity contribution < 1.29 is 19.1 Å². The number of hydrogen-bond donors (Lipinski definition) is 1. The van der Waals surface area contributed by atoms with Crippen LogP contribution in [-0.2, 0) is 4.79 Å². The van der Waals surface area contributed by atoms with Gasteiger partial charge in [0.25, 0.3) is 0 Å². The molecule has 1 aromatic carbocycles. The van der Waals surface area contributed by atoms with Crippen molar-refractivity contribution in [3.8, 4) is 11.5 Å². The van der Waals surface area contributed by atoms with E-state index in [1.807, 2.05) is 37.2 Å². The third-order valence-electron chi connectivity index (χ3n) is 4.88. The Morgan fingerprint density at radius 1 is 1.19 bits per heavy atom. The second-order valence-electron chi connectivity index (χ2n) is 6.83. The highest BCUT2D eigenvalue weighted by Crippen LogP contribution is 2.31. The van der Waals surface area contributed by atoms with Crippen LogP contribution in [-0.4, -0.2) is 88.2 Å². The lowest BCUT2D eigenvalue weighted by molar-refractivity contribution is -0.129. The van der Waals surface area contributed by atoms with Gasteiger partial charge in [0.05, 0.1) is 20.3 Å². The van der Waals surface area contributed by atoms with Gasteiger partial charge in [0.15, 0.2) is 11.5 Å². The molecule has 27 heavy (non-hydrogen) atoms. The zero-order valence-corrected chi connectivity index (χ0v) is 16.8. The summed E-state index contributed by atoms with van der Waals surface area (Å²) in [6, 6.07) is 5.59. The van der Waals surface area contributed by atoms with E-state index in [-0.39, 0.29) is 18.0 Å². The lowest BCUT2D eigenvalue weighted by atomic mass is 10.1. The van der Waals surface area contributed by atoms with Crippen LogP contribution < -0.4 is 14.8 Å². The molecule has 8 heteroatoms. The molecule has 1 heterocycles. The van der Waals surface area contributed by atoms with Gasteiger partial charge in [0, 0.05) is 39.6 Å². The lowest BCUT2D eigenvalue weighted by Gasteiger charge is -2.28. The number of methoxy groups -OCH3 is 2. The fourth-order valence-corrected chi connectivity index (χ4v) is 3.09. The molecular weight excluding hydrogens is 348 g/mol. The first kappa shape index (κ1) is 20.8. The largest absolute Gasteiger partial charge is 0.493 e. The topological polar surface area (TPSA) is 74.4 Å². The Bertz CT molecular complexity index is 665. The smallest absolute Gasteiger partial charge is 0.317 e. The average molecular weight is 378 g/mol. The highest BCUT2D eigenvalue weighted by atomic mass is 16.5. The summed E-state index contributed by atoms with van der Waals surface area (Å²) < 4.78 is 10.7. The molecule has 0 radical (unpaired) electrons. The van der Waals surface area contributed by atoms with E-state index in [1.165, 1.54) is 0 Å². The van der Waals surface area contributed by atoms with E-state index in [1.54, 1.807) is 31.1 Å². The first-order chi connectivity index (χ1) is 12.9. The molecule has 1 atom stereocenters. The Hall–Kier alpha value is -2.48. The summed E-state index contributed by atoms with van der Waals surface area (Å²) in [6.45, 7) is 1.98. The van der Waals surface area contributed by atoms with Crippen LogP contribution in [0.1, 0.15) is 18.0 Å². The summed E-state index contributed by atoms with van der Waals surface area (Å²) in [6.07, 6.45) is 0.358. The van der Waals surface area contributed by atoms with Gasteiger partial charge in [-0.3, -0.25) is 4.79 Å². The first-order valence-electron chi connectivity index (χ1n) is 9.02. The van der Waals surface area contributed by atoms with E-state index < -0.39 is 0 Å². The Labute approximate surface area is 161 Å². The Balaban J connectivity index is 2.04. The van der Waals surface area contributed by atoms with Crippen molar-refractivity contribution in [1.29, 1.82) is 0 Å². The number of amides is 3. The molecule has 1 unspecified atom stereocenters. The standard InChI is InChI=1S/C19H30N4O4/c1-21(2)15(14-6-7-16(26-4)17(12-14)27-5)13-20-19(25)23-9-8-18(24)22(3)10-11-23/h6-7,12,15H,8-11,13H2,1-5H3,(H,20,25). The molecule has 1 N–H and O–H groups in total. The van der Waals surface area contributed by atoms with Gasteiger partial charge in [0.2, 0.25) is 5.91 Å². The number of benzene rings is 1. The maximum Gasteiger partial charge on any atom is 0.317 e. The van der Waals surface area contributed by atoms with E-state index in [0.717, 1.165) is 5.56 Å². The van der Waals surface area contributed by atoms with Crippen LogP contribution in [0.25, 0.3) is 0 Å². The van der Waals surface area contributed by atoms with Crippen LogP contribution in [0, 0.1) is 0 Å². The molecule has 1 aliphatic heterocycles. The minimum atomic E-state index is -0.148. The van der Waals surface area contributed by atoms with E-state index in [9.17, 15) is 9.59 Å². The second-order valence-corrected chi connectivity index (χ2v) is 6.83. The van der Waals surface area contributed by atoms with Crippen molar-refractivity contribution >= 4 is 11.9 Å². The third-order valence-corrected chi connectivity index (χ3v) is 4.88. The molecule has 1 fully saturated rings. The maximum absolute atomic E-state index is 12.6. The number of ether oxygens (including phenoxy) is 2. The fraction of sp³-hybridized carbons (Fsp3) is 0.579. The molecule has 1 saturated heterocycles. The zero-order chi connectivity index (χ0) is 20.0. The van der Waals surface area contributed by atoms with Crippen molar-refractivity contribution in [2.24, 2.45) is 0 Å². The molecule has 8 nitrogen and oxygen atoms in total. The predicted molar refractivity (Wildman–Crippen MR) is 103 cm³/mol. The molecule has 0 bridgehead atoms. The van der Waals surface area contributed by atoms with E-state index >= 15 is 0 Å². The van der Waals surface area contributed by atoms with Crippen LogP contribution in [0.4, 0.5) is 4.79 Å². The summed E-state index contributed by atoms with van der Waals surface area (Å²) >= 11 is 0. The van der Waals surface area contributed by atoms with Gasteiger partial charge < -0.3 is 29.5 Å². The zero-order valence-electron chi connectivity index (χ0n) is 16.8. The number of nitrogens with one attached hydrogen (secondary N) is 1. The van der Waals surface area contributed by atoms with Gasteiger partial charge >= 0.3 is 6.03 Å². The van der Waals surface area contributed by atoms with E-state index in [0.29, 0.717) is 44.1 Å². The number of urea groups is 1. The van der Waals surface area contributed by atoms with Crippen molar-refractivity contribution in [1.82, 2.24) is 20.0 Å². The van der Waals surface area contributed by atoms with Gasteiger partial charge in [-0.2, -0.15) is 0 Å². The average Bonchev–Trinajstić information content (AvgIpc) is 2.83. The van der Waals surface area contributed by atoms with Crippen molar-refractivity contribution in [3.63, 3.8) is 0 Å². The number of hydrogen-bond acceptors (Lipinski definition) is 5. The number of carbonyl (C=O) groups excluding carboxylic acids is 2. The summed E-state index contributed by atoms with van der Waals surface area (Å²) in [4.78, 5) is 29.7. The molecule has 0 spiro atoms. The number of rotatable bonds is 6. The molecular formula is C19H30N4O4. The number of carbonyl (C=O) groups is 2. The Kier molecular flexibility index (Phi) is 7.29. The highest BCUT2D eigenvalue weighted by Gasteiger charge is 2.23. The summed E-state index contributed by atoms with van der Waals surface area (Å²) in [5.74, 6) is 1.39. The van der Waals surface area contributed by atoms with Crippen molar-refractivity contribution in [3.05, 3.63) is 23.8 Å². The normalized spacial score (nSPS) is 16.1. The van der Waals surface area contributed by atoms with Gasteiger partial charge in [-0.05, 0) is 31.8 Å². The molecule has 3 amide bonds. The van der Waals surface area contributed by atoms with Gasteiger partial charge in [0.1, 0.15) is 0 Å². The molecule has 0 aliphatic carbocycles. The highest BCUT2D eigenvalue weighted by molar-refractivity contribution is 5.79. The van der Waals surface area contributed by atoms with Crippen LogP contribution >= 0.6 is 0 Å². The number of likely N-dealkylation sites (N-methyl/N-ethyl adjacent to an activating group) is 2. The minimum Gasteiger partial charge on any atom is -0.493 e. The van der Waals surface area contributed by atoms with Crippen LogP contribution in [0.3, 0.4) is 0 Å². The monoisotopic (exact) mass is 378 g/mol. The Morgan fingerprint density at radius 2 is 1.89 bits per heavy atom. The summed E-state index contributed by atoms with van der Waals surface area (Å²) in [5.41, 5.74) is 1.02. The van der Waals surface area contributed by atoms with Gasteiger partial charge in [-0.25, -0.2) is 4.79 Å². The molecule has 1 aromatic rings. The summed E-state index contributed by atoms with van der Waals surface area (Å²) in [7, 11) is 8.90. The third kappa shape index (κ3) is 5.26. The summed E-state index contributed by atoms with van der Waals surface area (Å²) in [5, 5.41) is 3.00. The molecule has 150 valence electrons. The van der Waals surface area contributed by atoms with Crippen molar-refractivity contribution in [2.45, 2.75) is 12.5 Å². The molecule has 2 rings (SSSR count). The van der Waals surface area contributed by atoms with Crippen molar-refractivity contribution in [2.75, 3.05) is 61.5 Å². The number of nitrogens with zero attached hydrogens (tertiary/aromatic N) is 3. The molecule has 1 aliphatic rings. The lowest BCUT2D eigenvalue weighted by Crippen LogP contribution is -2.44. The quantitative estimate of drug-likeness (QED) is 0.805. The molecule has 0 aromatic heterocycles. The van der Waals surface area contributed by atoms with Gasteiger partial charge in [-0.1, -0.05) is 6.07 Å². The molecule has 0 saturated carbocycles. The van der Waals surface area contributed by atoms with Crippen LogP contribution in [0.5, 0.6) is 11.5 Å². The van der Waals surface area contributed by atoms with Gasteiger partial charge in [-0.15, -0.1) is 0 Å². The maximum atomic E-state index is 12.6. The predicted octanol–water partition coefficient (Wildman–Crippen LogP) is 1.18. The van der Waals surface area contributed by atoms with E-state index in [2.05, 4.69) is 5.32 Å². The minimum absolute atomic E-state index is 0.0231. The van der Waals surface area contributed by atoms with Crippen LogP contribution in [0.2, 0.25) is 0 Å². The SMILES string of the molecule is COc1ccc(C(CNC(=O)N2CCC(=O)N(C)CC2)N(C)C)cc1OC. The second kappa shape index (κ2) is 9.45.